The number of aryl methyl sites for hydroxylation is 2. The van der Waals surface area contributed by atoms with Crippen molar-refractivity contribution in [1.82, 2.24) is 9.88 Å². The minimum absolute atomic E-state index is 0.111. The quantitative estimate of drug-likeness (QED) is 0.434. The van der Waals surface area contributed by atoms with E-state index in [2.05, 4.69) is 4.98 Å². The predicted molar refractivity (Wildman–Crippen MR) is 116 cm³/mol. The Kier molecular flexibility index (Phi) is 6.88. The molecule has 0 bridgehead atoms. The number of esters is 1. The van der Waals surface area contributed by atoms with Crippen molar-refractivity contribution in [2.75, 3.05) is 19.4 Å². The summed E-state index contributed by atoms with van der Waals surface area (Å²) in [7, 11) is 1.71. The van der Waals surface area contributed by atoms with Crippen LogP contribution in [0.5, 0.6) is 0 Å². The molecule has 6 heteroatoms. The minimum Gasteiger partial charge on any atom is -0.455 e. The third-order valence-corrected chi connectivity index (χ3v) is 5.57. The standard InChI is InChI=1S/C23H24N2O3S/c1-16-8-4-5-9-18(16)13-25(3)22(26)14-28-23(27)15-29-21-12-17(2)19-10-6-7-11-20(19)24-21/h4-12H,13-15H2,1-3H3. The van der Waals surface area contributed by atoms with Crippen LogP contribution in [-0.2, 0) is 20.9 Å². The van der Waals surface area contributed by atoms with Crippen LogP contribution in [0.15, 0.2) is 59.6 Å². The number of carbonyl (C=O) groups is 2. The highest BCUT2D eigenvalue weighted by Crippen LogP contribution is 2.23. The summed E-state index contributed by atoms with van der Waals surface area (Å²) >= 11 is 1.31. The van der Waals surface area contributed by atoms with Gasteiger partial charge in [0.2, 0.25) is 0 Å². The average Bonchev–Trinajstić information content (AvgIpc) is 2.72. The Labute approximate surface area is 175 Å². The number of amides is 1. The maximum atomic E-state index is 12.3. The first-order chi connectivity index (χ1) is 13.9. The maximum Gasteiger partial charge on any atom is 0.316 e. The van der Waals surface area contributed by atoms with Crippen molar-refractivity contribution in [3.8, 4) is 0 Å². The number of pyridine rings is 1. The monoisotopic (exact) mass is 408 g/mol. The highest BCUT2D eigenvalue weighted by atomic mass is 32.2. The first-order valence-electron chi connectivity index (χ1n) is 9.37. The average molecular weight is 409 g/mol. The van der Waals surface area contributed by atoms with Gasteiger partial charge in [-0.1, -0.05) is 54.2 Å². The van der Waals surface area contributed by atoms with Gasteiger partial charge in [-0.25, -0.2) is 4.98 Å². The fourth-order valence-electron chi connectivity index (χ4n) is 2.95. The van der Waals surface area contributed by atoms with Gasteiger partial charge in [-0.15, -0.1) is 0 Å². The second kappa shape index (κ2) is 9.56. The topological polar surface area (TPSA) is 59.5 Å². The van der Waals surface area contributed by atoms with Gasteiger partial charge in [0.25, 0.3) is 5.91 Å². The lowest BCUT2D eigenvalue weighted by Gasteiger charge is -2.18. The number of benzene rings is 2. The van der Waals surface area contributed by atoms with Crippen LogP contribution in [0.3, 0.4) is 0 Å². The van der Waals surface area contributed by atoms with Crippen LogP contribution in [0, 0.1) is 13.8 Å². The number of likely N-dealkylation sites (N-methyl/N-ethyl adjacent to an activating group) is 1. The molecule has 0 aliphatic heterocycles. The van der Waals surface area contributed by atoms with Crippen LogP contribution in [0.25, 0.3) is 10.9 Å². The summed E-state index contributed by atoms with van der Waals surface area (Å²) in [5.41, 5.74) is 4.21. The molecule has 0 aliphatic carbocycles. The molecular formula is C23H24N2O3S. The largest absolute Gasteiger partial charge is 0.455 e. The number of aromatic nitrogens is 1. The number of ether oxygens (including phenoxy) is 1. The SMILES string of the molecule is Cc1ccccc1CN(C)C(=O)COC(=O)CSc1cc(C)c2ccccc2n1. The van der Waals surface area contributed by atoms with Gasteiger partial charge >= 0.3 is 5.97 Å². The van der Waals surface area contributed by atoms with Gasteiger partial charge in [0.15, 0.2) is 6.61 Å². The van der Waals surface area contributed by atoms with Crippen molar-refractivity contribution >= 4 is 34.5 Å². The highest BCUT2D eigenvalue weighted by molar-refractivity contribution is 7.99. The van der Waals surface area contributed by atoms with Gasteiger partial charge in [0, 0.05) is 19.0 Å². The Morgan fingerprint density at radius 1 is 1.03 bits per heavy atom. The highest BCUT2D eigenvalue weighted by Gasteiger charge is 2.14. The van der Waals surface area contributed by atoms with Gasteiger partial charge in [0.05, 0.1) is 16.3 Å². The lowest BCUT2D eigenvalue weighted by atomic mass is 10.1. The number of fused-ring (bicyclic) bond motifs is 1. The zero-order valence-corrected chi connectivity index (χ0v) is 17.7. The van der Waals surface area contributed by atoms with Crippen LogP contribution in [0.1, 0.15) is 16.7 Å². The minimum atomic E-state index is -0.430. The lowest BCUT2D eigenvalue weighted by Crippen LogP contribution is -2.31. The Balaban J connectivity index is 1.48. The molecule has 0 atom stereocenters. The van der Waals surface area contributed by atoms with Gasteiger partial charge in [0.1, 0.15) is 0 Å². The molecule has 0 radical (unpaired) electrons. The summed E-state index contributed by atoms with van der Waals surface area (Å²) in [6.07, 6.45) is 0. The zero-order valence-electron chi connectivity index (χ0n) is 16.8. The van der Waals surface area contributed by atoms with Crippen LogP contribution < -0.4 is 0 Å². The summed E-state index contributed by atoms with van der Waals surface area (Å²) in [6, 6.07) is 17.8. The van der Waals surface area contributed by atoms with Gasteiger partial charge in [-0.2, -0.15) is 0 Å². The predicted octanol–water partition coefficient (Wildman–Crippen LogP) is 4.15. The molecule has 0 saturated heterocycles. The van der Waals surface area contributed by atoms with Gasteiger partial charge in [-0.05, 0) is 42.7 Å². The lowest BCUT2D eigenvalue weighted by molar-refractivity contribution is -0.149. The molecule has 0 spiro atoms. The van der Waals surface area contributed by atoms with Crippen LogP contribution >= 0.6 is 11.8 Å². The van der Waals surface area contributed by atoms with Gasteiger partial charge in [-0.3, -0.25) is 9.59 Å². The number of nitrogens with zero attached hydrogens (tertiary/aromatic N) is 2. The molecule has 29 heavy (non-hydrogen) atoms. The van der Waals surface area contributed by atoms with E-state index < -0.39 is 5.97 Å². The Hall–Kier alpha value is -2.86. The van der Waals surface area contributed by atoms with E-state index in [4.69, 9.17) is 4.74 Å². The van der Waals surface area contributed by atoms with Crippen LogP contribution in [-0.4, -0.2) is 41.2 Å². The molecule has 2 aromatic carbocycles. The van der Waals surface area contributed by atoms with E-state index in [0.717, 1.165) is 32.6 Å². The normalized spacial score (nSPS) is 10.7. The van der Waals surface area contributed by atoms with Crippen LogP contribution in [0.4, 0.5) is 0 Å². The van der Waals surface area contributed by atoms with E-state index in [1.165, 1.54) is 11.8 Å². The molecule has 150 valence electrons. The molecule has 0 unspecified atom stereocenters. The second-order valence-electron chi connectivity index (χ2n) is 6.92. The first kappa shape index (κ1) is 20.9. The van der Waals surface area contributed by atoms with E-state index in [-0.39, 0.29) is 18.3 Å². The van der Waals surface area contributed by atoms with E-state index in [1.54, 1.807) is 11.9 Å². The fourth-order valence-corrected chi connectivity index (χ4v) is 3.72. The first-order valence-corrected chi connectivity index (χ1v) is 10.4. The van der Waals surface area contributed by atoms with E-state index in [9.17, 15) is 9.59 Å². The third kappa shape index (κ3) is 5.57. The summed E-state index contributed by atoms with van der Waals surface area (Å²) in [5.74, 6) is -0.550. The van der Waals surface area contributed by atoms with Crippen LogP contribution in [0.2, 0.25) is 0 Å². The van der Waals surface area contributed by atoms with Crippen molar-refractivity contribution < 1.29 is 14.3 Å². The molecule has 1 heterocycles. The van der Waals surface area contributed by atoms with Crippen molar-refractivity contribution in [1.29, 1.82) is 0 Å². The number of carbonyl (C=O) groups excluding carboxylic acids is 2. The number of hydrogen-bond acceptors (Lipinski definition) is 5. The van der Waals surface area contributed by atoms with Gasteiger partial charge < -0.3 is 9.64 Å². The number of hydrogen-bond donors (Lipinski definition) is 0. The zero-order chi connectivity index (χ0) is 20.8. The molecule has 0 saturated carbocycles. The summed E-state index contributed by atoms with van der Waals surface area (Å²) < 4.78 is 5.15. The van der Waals surface area contributed by atoms with Crippen molar-refractivity contribution in [2.45, 2.75) is 25.4 Å². The Bertz CT molecular complexity index is 1040. The van der Waals surface area contributed by atoms with Crippen molar-refractivity contribution in [2.24, 2.45) is 0 Å². The number of para-hydroxylation sites is 1. The molecule has 3 rings (SSSR count). The third-order valence-electron chi connectivity index (χ3n) is 4.69. The molecule has 1 amide bonds. The Morgan fingerprint density at radius 2 is 1.76 bits per heavy atom. The summed E-state index contributed by atoms with van der Waals surface area (Å²) in [6.45, 7) is 4.26. The Morgan fingerprint density at radius 3 is 2.55 bits per heavy atom. The number of rotatable bonds is 7. The van der Waals surface area contributed by atoms with E-state index in [0.29, 0.717) is 6.54 Å². The number of thioether (sulfide) groups is 1. The molecule has 0 aliphatic rings. The molecule has 0 fully saturated rings. The molecule has 1 aromatic heterocycles. The molecule has 0 N–H and O–H groups in total. The summed E-state index contributed by atoms with van der Waals surface area (Å²) in [5, 5.41) is 1.86. The van der Waals surface area contributed by atoms with E-state index >= 15 is 0 Å². The van der Waals surface area contributed by atoms with Crippen molar-refractivity contribution in [3.05, 3.63) is 71.3 Å². The van der Waals surface area contributed by atoms with E-state index in [1.807, 2.05) is 68.4 Å². The fraction of sp³-hybridized carbons (Fsp3) is 0.261. The molecular weight excluding hydrogens is 384 g/mol. The van der Waals surface area contributed by atoms with Crippen molar-refractivity contribution in [3.63, 3.8) is 0 Å². The molecule has 5 nitrogen and oxygen atoms in total. The molecule has 3 aromatic rings. The smallest absolute Gasteiger partial charge is 0.316 e. The summed E-state index contributed by atoms with van der Waals surface area (Å²) in [4.78, 5) is 30.5. The second-order valence-corrected chi connectivity index (χ2v) is 7.92. The maximum absolute atomic E-state index is 12.3.